The van der Waals surface area contributed by atoms with Gasteiger partial charge in [0, 0.05) is 37.3 Å². The number of primary amides is 1. The summed E-state index contributed by atoms with van der Waals surface area (Å²) in [4.78, 5) is 26.0. The smallest absolute Gasteiger partial charge is 0.258 e. The summed E-state index contributed by atoms with van der Waals surface area (Å²) in [6.07, 6.45) is 1.73. The van der Waals surface area contributed by atoms with E-state index in [0.717, 1.165) is 12.8 Å². The largest absolute Gasteiger partial charge is 0.370 e. The Labute approximate surface area is 177 Å². The van der Waals surface area contributed by atoms with Crippen LogP contribution in [0.15, 0.2) is 59.5 Å². The number of nitrogens with zero attached hydrogens (tertiary/aromatic N) is 2. The first kappa shape index (κ1) is 22.0. The van der Waals surface area contributed by atoms with E-state index in [2.05, 4.69) is 6.92 Å². The van der Waals surface area contributed by atoms with Gasteiger partial charge in [0.25, 0.3) is 5.91 Å². The zero-order chi connectivity index (χ0) is 21.7. The summed E-state index contributed by atoms with van der Waals surface area (Å²) in [6, 6.07) is 15.0. The predicted octanol–water partition coefficient (Wildman–Crippen LogP) is 2.63. The first-order valence-corrected chi connectivity index (χ1v) is 11.5. The van der Waals surface area contributed by atoms with Gasteiger partial charge < -0.3 is 10.6 Å². The first-order valence-electron chi connectivity index (χ1n) is 10.0. The van der Waals surface area contributed by atoms with Gasteiger partial charge in [-0.15, -0.1) is 0 Å². The number of benzene rings is 2. The molecular weight excluding hydrogens is 402 g/mol. The molecule has 8 heteroatoms. The summed E-state index contributed by atoms with van der Waals surface area (Å²) in [7, 11) is -3.57. The number of carbonyl (C=O) groups excluding carboxylic acids is 2. The number of sulfonamides is 1. The van der Waals surface area contributed by atoms with Crippen molar-refractivity contribution >= 4 is 27.5 Å². The number of para-hydroxylation sites is 1. The summed E-state index contributed by atoms with van der Waals surface area (Å²) in [5, 5.41) is 0. The van der Waals surface area contributed by atoms with Gasteiger partial charge in [-0.05, 0) is 55.2 Å². The lowest BCUT2D eigenvalue weighted by Crippen LogP contribution is -2.38. The average molecular weight is 430 g/mol. The minimum Gasteiger partial charge on any atom is -0.370 e. The fraction of sp³-hybridized carbons (Fsp3) is 0.364. The quantitative estimate of drug-likeness (QED) is 0.731. The molecule has 2 aromatic carbocycles. The first-order chi connectivity index (χ1) is 14.3. The van der Waals surface area contributed by atoms with Crippen LogP contribution in [-0.4, -0.2) is 44.2 Å². The number of hydrogen-bond acceptors (Lipinski definition) is 4. The van der Waals surface area contributed by atoms with Gasteiger partial charge >= 0.3 is 0 Å². The molecule has 3 rings (SSSR count). The topological polar surface area (TPSA) is 101 Å². The second-order valence-electron chi connectivity index (χ2n) is 7.62. The van der Waals surface area contributed by atoms with Gasteiger partial charge in [-0.25, -0.2) is 8.42 Å². The van der Waals surface area contributed by atoms with Crippen LogP contribution in [0.25, 0.3) is 0 Å². The molecule has 0 saturated carbocycles. The van der Waals surface area contributed by atoms with Crippen LogP contribution in [-0.2, 0) is 14.8 Å². The van der Waals surface area contributed by atoms with E-state index in [4.69, 9.17) is 5.73 Å². The summed E-state index contributed by atoms with van der Waals surface area (Å²) in [6.45, 7) is 3.30. The van der Waals surface area contributed by atoms with E-state index in [9.17, 15) is 18.0 Å². The number of nitrogens with two attached hydrogens (primary N) is 1. The van der Waals surface area contributed by atoms with Crippen LogP contribution < -0.4 is 10.6 Å². The van der Waals surface area contributed by atoms with E-state index >= 15 is 0 Å². The van der Waals surface area contributed by atoms with E-state index in [1.54, 1.807) is 24.3 Å². The van der Waals surface area contributed by atoms with Crippen molar-refractivity contribution in [2.24, 2.45) is 11.7 Å². The molecule has 1 fully saturated rings. The van der Waals surface area contributed by atoms with Gasteiger partial charge in [0.15, 0.2) is 0 Å². The molecule has 2 aromatic rings. The highest BCUT2D eigenvalue weighted by Gasteiger charge is 2.28. The van der Waals surface area contributed by atoms with E-state index in [1.165, 1.54) is 33.5 Å². The Bertz CT molecular complexity index is 983. The number of carbonyl (C=O) groups is 2. The van der Waals surface area contributed by atoms with E-state index < -0.39 is 15.9 Å². The third kappa shape index (κ3) is 5.06. The van der Waals surface area contributed by atoms with Gasteiger partial charge in [-0.2, -0.15) is 4.31 Å². The molecule has 1 aliphatic rings. The molecule has 0 aliphatic carbocycles. The molecule has 0 atom stereocenters. The van der Waals surface area contributed by atoms with Crippen LogP contribution in [0, 0.1) is 5.92 Å². The molecule has 2 amide bonds. The van der Waals surface area contributed by atoms with Crippen LogP contribution in [0.2, 0.25) is 0 Å². The van der Waals surface area contributed by atoms with Crippen LogP contribution in [0.3, 0.4) is 0 Å². The van der Waals surface area contributed by atoms with Gasteiger partial charge in [0.1, 0.15) is 0 Å². The zero-order valence-corrected chi connectivity index (χ0v) is 17.8. The maximum atomic E-state index is 13.1. The van der Waals surface area contributed by atoms with Crippen molar-refractivity contribution in [3.63, 3.8) is 0 Å². The van der Waals surface area contributed by atoms with E-state index in [0.29, 0.717) is 30.3 Å². The third-order valence-electron chi connectivity index (χ3n) is 5.38. The van der Waals surface area contributed by atoms with Crippen LogP contribution in [0.5, 0.6) is 0 Å². The van der Waals surface area contributed by atoms with Crippen molar-refractivity contribution in [3.05, 3.63) is 60.2 Å². The SMILES string of the molecule is CC1CCN(S(=O)(=O)c2ccc(C(=O)N(CCC(N)=O)c3ccccc3)cc2)CC1. The van der Waals surface area contributed by atoms with Crippen LogP contribution >= 0.6 is 0 Å². The lowest BCUT2D eigenvalue weighted by Gasteiger charge is -2.29. The van der Waals surface area contributed by atoms with Crippen molar-refractivity contribution in [1.82, 2.24) is 4.31 Å². The molecule has 7 nitrogen and oxygen atoms in total. The Balaban J connectivity index is 1.81. The molecule has 0 radical (unpaired) electrons. The minimum atomic E-state index is -3.57. The number of anilines is 1. The molecule has 2 N–H and O–H groups in total. The molecule has 1 saturated heterocycles. The second kappa shape index (κ2) is 9.40. The van der Waals surface area contributed by atoms with E-state index in [1.807, 2.05) is 6.07 Å². The molecule has 160 valence electrons. The molecule has 1 heterocycles. The Morgan fingerprint density at radius 3 is 2.20 bits per heavy atom. The van der Waals surface area contributed by atoms with Crippen LogP contribution in [0.1, 0.15) is 36.5 Å². The van der Waals surface area contributed by atoms with Crippen molar-refractivity contribution in [3.8, 4) is 0 Å². The number of rotatable bonds is 7. The molecule has 30 heavy (non-hydrogen) atoms. The fourth-order valence-electron chi connectivity index (χ4n) is 3.48. The summed E-state index contributed by atoms with van der Waals surface area (Å²) < 4.78 is 27.3. The predicted molar refractivity (Wildman–Crippen MR) is 116 cm³/mol. The third-order valence-corrected chi connectivity index (χ3v) is 7.29. The van der Waals surface area contributed by atoms with Crippen molar-refractivity contribution in [2.45, 2.75) is 31.1 Å². The summed E-state index contributed by atoms with van der Waals surface area (Å²) >= 11 is 0. The molecular formula is C22H27N3O4S. The van der Waals surface area contributed by atoms with Crippen molar-refractivity contribution in [1.29, 1.82) is 0 Å². The Morgan fingerprint density at radius 2 is 1.63 bits per heavy atom. The van der Waals surface area contributed by atoms with Crippen molar-refractivity contribution in [2.75, 3.05) is 24.5 Å². The summed E-state index contributed by atoms with van der Waals surface area (Å²) in [5.41, 5.74) is 6.24. The molecule has 0 bridgehead atoms. The number of amides is 2. The molecule has 0 aromatic heterocycles. The monoisotopic (exact) mass is 429 g/mol. The normalized spacial score (nSPS) is 15.6. The van der Waals surface area contributed by atoms with Crippen molar-refractivity contribution < 1.29 is 18.0 Å². The maximum absolute atomic E-state index is 13.1. The highest BCUT2D eigenvalue weighted by atomic mass is 32.2. The maximum Gasteiger partial charge on any atom is 0.258 e. The highest BCUT2D eigenvalue weighted by molar-refractivity contribution is 7.89. The van der Waals surface area contributed by atoms with E-state index in [-0.39, 0.29) is 23.8 Å². The Kier molecular flexibility index (Phi) is 6.89. The average Bonchev–Trinajstić information content (AvgIpc) is 2.75. The lowest BCUT2D eigenvalue weighted by molar-refractivity contribution is -0.117. The van der Waals surface area contributed by atoms with Gasteiger partial charge in [0.05, 0.1) is 4.90 Å². The molecule has 0 unspecified atom stereocenters. The molecule has 1 aliphatic heterocycles. The second-order valence-corrected chi connectivity index (χ2v) is 9.56. The van der Waals surface area contributed by atoms with Crippen LogP contribution in [0.4, 0.5) is 5.69 Å². The number of piperidine rings is 1. The zero-order valence-electron chi connectivity index (χ0n) is 17.0. The Hall–Kier alpha value is -2.71. The Morgan fingerprint density at radius 1 is 1.03 bits per heavy atom. The summed E-state index contributed by atoms with van der Waals surface area (Å²) in [5.74, 6) is -0.292. The van der Waals surface area contributed by atoms with Gasteiger partial charge in [0.2, 0.25) is 15.9 Å². The standard InChI is InChI=1S/C22H27N3O4S/c1-17-11-14-24(15-12-17)30(28,29)20-9-7-18(8-10-20)22(27)25(16-13-21(23)26)19-5-3-2-4-6-19/h2-10,17H,11-16H2,1H3,(H2,23,26). The minimum absolute atomic E-state index is 0.0283. The number of hydrogen-bond donors (Lipinski definition) is 1. The lowest BCUT2D eigenvalue weighted by atomic mass is 10.0. The highest BCUT2D eigenvalue weighted by Crippen LogP contribution is 2.24. The fourth-order valence-corrected chi connectivity index (χ4v) is 4.95. The molecule has 0 spiro atoms. The van der Waals surface area contributed by atoms with Gasteiger partial charge in [-0.1, -0.05) is 25.1 Å². The van der Waals surface area contributed by atoms with Gasteiger partial charge in [-0.3, -0.25) is 9.59 Å².